The number of halogens is 1. The van der Waals surface area contributed by atoms with Gasteiger partial charge in [-0.25, -0.2) is 4.79 Å². The van der Waals surface area contributed by atoms with E-state index in [0.717, 1.165) is 31.7 Å². The second-order valence-electron chi connectivity index (χ2n) is 8.55. The van der Waals surface area contributed by atoms with E-state index in [4.69, 9.17) is 25.9 Å². The van der Waals surface area contributed by atoms with E-state index < -0.39 is 11.7 Å². The maximum atomic E-state index is 12.8. The SMILES string of the molecule is COC1CCC=CCCOC(=O)c2c(O)cc(O)c(Cl)c2/C=C(\NOCC(=O)N2CCCCC2)C1. The summed E-state index contributed by atoms with van der Waals surface area (Å²) in [5.74, 6) is -1.75. The number of esters is 1. The lowest BCUT2D eigenvalue weighted by molar-refractivity contribution is -0.139. The van der Waals surface area contributed by atoms with Crippen LogP contribution >= 0.6 is 11.6 Å². The summed E-state index contributed by atoms with van der Waals surface area (Å²) in [7, 11) is 1.60. The lowest BCUT2D eigenvalue weighted by Gasteiger charge is -2.26. The molecule has 0 spiro atoms. The fraction of sp³-hybridized carbons (Fsp3) is 0.520. The number of hydrogen-bond acceptors (Lipinski definition) is 8. The number of cyclic esters (lactones) is 1. The summed E-state index contributed by atoms with van der Waals surface area (Å²) < 4.78 is 10.9. The Labute approximate surface area is 210 Å². The first-order valence-electron chi connectivity index (χ1n) is 11.9. The molecule has 1 saturated heterocycles. The summed E-state index contributed by atoms with van der Waals surface area (Å²) in [5, 5.41) is 20.5. The number of carbonyl (C=O) groups is 2. The van der Waals surface area contributed by atoms with E-state index >= 15 is 0 Å². The lowest BCUT2D eigenvalue weighted by atomic mass is 10.0. The molecule has 0 radical (unpaired) electrons. The van der Waals surface area contributed by atoms with Gasteiger partial charge in [0.05, 0.1) is 17.7 Å². The van der Waals surface area contributed by atoms with Crippen LogP contribution in [0.2, 0.25) is 5.02 Å². The van der Waals surface area contributed by atoms with E-state index in [1.807, 2.05) is 12.2 Å². The smallest absolute Gasteiger partial charge is 0.342 e. The van der Waals surface area contributed by atoms with E-state index in [0.29, 0.717) is 38.0 Å². The van der Waals surface area contributed by atoms with Crippen LogP contribution in [0.1, 0.15) is 60.9 Å². The van der Waals surface area contributed by atoms with Crippen LogP contribution in [0.3, 0.4) is 0 Å². The number of methoxy groups -OCH3 is 1. The number of nitrogens with zero attached hydrogens (tertiary/aromatic N) is 1. The molecule has 1 aromatic rings. The maximum absolute atomic E-state index is 12.8. The molecule has 2 heterocycles. The van der Waals surface area contributed by atoms with E-state index in [-0.39, 0.29) is 47.1 Å². The fourth-order valence-corrected chi connectivity index (χ4v) is 4.29. The van der Waals surface area contributed by atoms with Crippen LogP contribution in [0, 0.1) is 0 Å². The van der Waals surface area contributed by atoms with Crippen LogP contribution in [0.25, 0.3) is 6.08 Å². The van der Waals surface area contributed by atoms with Crippen molar-refractivity contribution in [1.82, 2.24) is 10.4 Å². The van der Waals surface area contributed by atoms with Crippen molar-refractivity contribution in [2.45, 2.75) is 51.0 Å². The van der Waals surface area contributed by atoms with Gasteiger partial charge < -0.3 is 24.6 Å². The summed E-state index contributed by atoms with van der Waals surface area (Å²) in [6.45, 7) is 1.38. The molecular weight excluding hydrogens is 476 g/mol. The van der Waals surface area contributed by atoms with E-state index in [1.54, 1.807) is 12.0 Å². The van der Waals surface area contributed by atoms with Crippen molar-refractivity contribution < 1.29 is 34.1 Å². The molecule has 2 aliphatic rings. The normalized spacial score (nSPS) is 21.3. The number of carbonyl (C=O) groups excluding carboxylic acids is 2. The largest absolute Gasteiger partial charge is 0.507 e. The number of phenolic OH excluding ortho intramolecular Hbond substituents is 2. The Balaban J connectivity index is 1.90. The van der Waals surface area contributed by atoms with E-state index in [2.05, 4.69) is 5.48 Å². The quantitative estimate of drug-likeness (QED) is 0.311. The highest BCUT2D eigenvalue weighted by Crippen LogP contribution is 2.38. The second kappa shape index (κ2) is 13.4. The molecule has 35 heavy (non-hydrogen) atoms. The highest BCUT2D eigenvalue weighted by molar-refractivity contribution is 6.34. The zero-order valence-electron chi connectivity index (χ0n) is 19.9. The number of likely N-dealkylation sites (tertiary alicyclic amines) is 1. The first-order chi connectivity index (χ1) is 16.9. The Hall–Kier alpha value is -2.75. The second-order valence-corrected chi connectivity index (χ2v) is 8.93. The molecule has 1 aromatic carbocycles. The number of ether oxygens (including phenoxy) is 2. The van der Waals surface area contributed by atoms with Crippen LogP contribution in [-0.4, -0.2) is 66.5 Å². The fourth-order valence-electron chi connectivity index (χ4n) is 4.09. The minimum atomic E-state index is -0.773. The summed E-state index contributed by atoms with van der Waals surface area (Å²) >= 11 is 6.34. The van der Waals surface area contributed by atoms with Crippen LogP contribution < -0.4 is 5.48 Å². The molecule has 10 heteroatoms. The van der Waals surface area contributed by atoms with Gasteiger partial charge in [0.25, 0.3) is 5.91 Å². The molecule has 3 rings (SSSR count). The number of phenols is 2. The van der Waals surface area contributed by atoms with Gasteiger partial charge in [0.2, 0.25) is 0 Å². The van der Waals surface area contributed by atoms with Gasteiger partial charge in [-0.1, -0.05) is 23.8 Å². The number of nitrogens with one attached hydrogen (secondary N) is 1. The Morgan fingerprint density at radius 2 is 1.94 bits per heavy atom. The van der Waals surface area contributed by atoms with Crippen molar-refractivity contribution >= 4 is 29.6 Å². The minimum Gasteiger partial charge on any atom is -0.507 e. The molecule has 192 valence electrons. The number of benzene rings is 1. The third-order valence-electron chi connectivity index (χ3n) is 6.01. The third-order valence-corrected chi connectivity index (χ3v) is 6.41. The summed E-state index contributed by atoms with van der Waals surface area (Å²) in [5.41, 5.74) is 3.15. The third kappa shape index (κ3) is 7.62. The number of piperidine rings is 1. The van der Waals surface area contributed by atoms with Gasteiger partial charge >= 0.3 is 5.97 Å². The summed E-state index contributed by atoms with van der Waals surface area (Å²) in [4.78, 5) is 32.5. The lowest BCUT2D eigenvalue weighted by Crippen LogP contribution is -2.39. The first-order valence-corrected chi connectivity index (χ1v) is 12.2. The standard InChI is InChI=1S/C25H33ClN2O7/c1-33-18-9-5-2-3-8-12-34-25(32)23-19(24(26)21(30)15-20(23)29)14-17(13-18)27-35-16-22(31)28-10-6-4-7-11-28/h2-3,14-15,18,27,29-30H,4-13,16H2,1H3/b3-2?,17-14-. The molecule has 0 saturated carbocycles. The van der Waals surface area contributed by atoms with Gasteiger partial charge in [-0.3, -0.25) is 15.1 Å². The number of hydrogen-bond donors (Lipinski definition) is 3. The molecule has 0 bridgehead atoms. The van der Waals surface area contributed by atoms with Gasteiger partial charge in [-0.15, -0.1) is 0 Å². The zero-order valence-corrected chi connectivity index (χ0v) is 20.7. The van der Waals surface area contributed by atoms with Crippen molar-refractivity contribution in [3.05, 3.63) is 40.1 Å². The molecule has 9 nitrogen and oxygen atoms in total. The molecule has 2 aliphatic heterocycles. The monoisotopic (exact) mass is 508 g/mol. The van der Waals surface area contributed by atoms with Gasteiger partial charge in [0, 0.05) is 43.9 Å². The topological polar surface area (TPSA) is 118 Å². The molecule has 1 fully saturated rings. The average Bonchev–Trinajstić information content (AvgIpc) is 2.85. The van der Waals surface area contributed by atoms with Crippen LogP contribution in [0.4, 0.5) is 0 Å². The number of hydroxylamine groups is 1. The highest BCUT2D eigenvalue weighted by Gasteiger charge is 2.24. The summed E-state index contributed by atoms with van der Waals surface area (Å²) in [6.07, 6.45) is 10.6. The summed E-state index contributed by atoms with van der Waals surface area (Å²) in [6, 6.07) is 0.998. The number of aromatic hydroxyl groups is 2. The number of fused-ring (bicyclic) bond motifs is 1. The Kier molecular flexibility index (Phi) is 10.3. The van der Waals surface area contributed by atoms with Gasteiger partial charge in [-0.05, 0) is 44.6 Å². The highest BCUT2D eigenvalue weighted by atomic mass is 35.5. The number of allylic oxidation sites excluding steroid dienone is 1. The van der Waals surface area contributed by atoms with Crippen molar-refractivity contribution in [2.24, 2.45) is 0 Å². The van der Waals surface area contributed by atoms with Gasteiger partial charge in [0.1, 0.15) is 17.1 Å². The maximum Gasteiger partial charge on any atom is 0.342 e. The van der Waals surface area contributed by atoms with Crippen LogP contribution in [-0.2, 0) is 19.1 Å². The molecule has 3 N–H and O–H groups in total. The molecule has 1 atom stereocenters. The molecule has 1 amide bonds. The number of rotatable bonds is 5. The Bertz CT molecular complexity index is 958. The predicted octanol–water partition coefficient (Wildman–Crippen LogP) is 3.93. The van der Waals surface area contributed by atoms with Crippen molar-refractivity contribution in [3.8, 4) is 11.5 Å². The zero-order chi connectivity index (χ0) is 25.2. The Morgan fingerprint density at radius 1 is 1.20 bits per heavy atom. The van der Waals surface area contributed by atoms with Gasteiger partial charge in [0.15, 0.2) is 6.61 Å². The molecule has 1 unspecified atom stereocenters. The van der Waals surface area contributed by atoms with Crippen molar-refractivity contribution in [1.29, 1.82) is 0 Å². The molecular formula is C25H33ClN2O7. The van der Waals surface area contributed by atoms with Gasteiger partial charge in [-0.2, -0.15) is 0 Å². The average molecular weight is 509 g/mol. The first kappa shape index (κ1) is 26.8. The van der Waals surface area contributed by atoms with Crippen LogP contribution in [0.15, 0.2) is 23.9 Å². The minimum absolute atomic E-state index is 0.0741. The Morgan fingerprint density at radius 3 is 2.69 bits per heavy atom. The van der Waals surface area contributed by atoms with E-state index in [9.17, 15) is 19.8 Å². The predicted molar refractivity (Wildman–Crippen MR) is 131 cm³/mol. The number of amides is 1. The van der Waals surface area contributed by atoms with Crippen molar-refractivity contribution in [3.63, 3.8) is 0 Å². The van der Waals surface area contributed by atoms with E-state index in [1.165, 1.54) is 6.08 Å². The van der Waals surface area contributed by atoms with Crippen LogP contribution in [0.5, 0.6) is 11.5 Å². The molecule has 0 aromatic heterocycles. The van der Waals surface area contributed by atoms with Crippen molar-refractivity contribution in [2.75, 3.05) is 33.4 Å². The molecule has 0 aliphatic carbocycles.